The number of nitrogens with zero attached hydrogens (tertiary/aromatic N) is 2. The maximum absolute atomic E-state index is 12.2. The summed E-state index contributed by atoms with van der Waals surface area (Å²) < 4.78 is 1.06. The zero-order chi connectivity index (χ0) is 17.4. The summed E-state index contributed by atoms with van der Waals surface area (Å²) in [5.74, 6) is -0.412. The summed E-state index contributed by atoms with van der Waals surface area (Å²) in [7, 11) is 0. The van der Waals surface area contributed by atoms with Gasteiger partial charge >= 0.3 is 5.69 Å². The molecular weight excluding hydrogens is 318 g/mol. The Hall–Kier alpha value is -3.67. The third-order valence-electron chi connectivity index (χ3n) is 3.99. The summed E-state index contributed by atoms with van der Waals surface area (Å²) in [6.07, 6.45) is 3.16. The number of aliphatic imine (C=N–C) groups is 1. The molecule has 0 bridgehead atoms. The van der Waals surface area contributed by atoms with Crippen molar-refractivity contribution in [1.29, 1.82) is 0 Å². The lowest BCUT2D eigenvalue weighted by Gasteiger charge is -2.10. The molecule has 122 valence electrons. The van der Waals surface area contributed by atoms with E-state index in [1.54, 1.807) is 36.5 Å². The van der Waals surface area contributed by atoms with Gasteiger partial charge in [0.1, 0.15) is 5.56 Å². The molecule has 0 saturated carbocycles. The van der Waals surface area contributed by atoms with Crippen molar-refractivity contribution in [2.24, 2.45) is 4.99 Å². The maximum atomic E-state index is 12.2. The van der Waals surface area contributed by atoms with Crippen molar-refractivity contribution >= 4 is 23.6 Å². The van der Waals surface area contributed by atoms with E-state index < -0.39 is 17.1 Å². The first kappa shape index (κ1) is 14.9. The van der Waals surface area contributed by atoms with Crippen molar-refractivity contribution in [2.75, 3.05) is 0 Å². The topological polar surface area (TPSA) is 87.5 Å². The SMILES string of the molecule is O=c1[nH]c(=O)n(-c2ccccc2)c(O)c1/C=C1\C=Nc2ccccc21. The number of H-pyrrole nitrogens is 1. The van der Waals surface area contributed by atoms with Gasteiger partial charge in [-0.05, 0) is 24.3 Å². The second-order valence-electron chi connectivity index (χ2n) is 5.54. The number of aromatic hydroxyl groups is 1. The molecule has 0 atom stereocenters. The molecule has 25 heavy (non-hydrogen) atoms. The first-order valence-electron chi connectivity index (χ1n) is 7.64. The van der Waals surface area contributed by atoms with Crippen LogP contribution in [0.15, 0.2) is 69.2 Å². The fourth-order valence-corrected chi connectivity index (χ4v) is 2.79. The fourth-order valence-electron chi connectivity index (χ4n) is 2.79. The van der Waals surface area contributed by atoms with Gasteiger partial charge in [-0.1, -0.05) is 36.4 Å². The van der Waals surface area contributed by atoms with E-state index in [-0.39, 0.29) is 5.56 Å². The molecule has 0 saturated heterocycles. The van der Waals surface area contributed by atoms with Crippen LogP contribution in [0, 0.1) is 0 Å². The number of aromatic amines is 1. The highest BCUT2D eigenvalue weighted by atomic mass is 16.3. The number of hydrogen-bond acceptors (Lipinski definition) is 4. The number of benzene rings is 2. The minimum absolute atomic E-state index is 0.00149. The number of aromatic nitrogens is 2. The first-order valence-corrected chi connectivity index (χ1v) is 7.64. The van der Waals surface area contributed by atoms with Crippen LogP contribution in [0.5, 0.6) is 5.88 Å². The van der Waals surface area contributed by atoms with Crippen molar-refractivity contribution in [2.45, 2.75) is 0 Å². The molecule has 0 spiro atoms. The Kier molecular flexibility index (Phi) is 3.43. The number of nitrogens with one attached hydrogen (secondary N) is 1. The van der Waals surface area contributed by atoms with Crippen LogP contribution in [0.3, 0.4) is 0 Å². The van der Waals surface area contributed by atoms with E-state index in [9.17, 15) is 14.7 Å². The van der Waals surface area contributed by atoms with Crippen LogP contribution in [0.25, 0.3) is 17.3 Å². The van der Waals surface area contributed by atoms with E-state index in [0.717, 1.165) is 15.8 Å². The minimum atomic E-state index is -0.698. The molecular formula is C19H13N3O3. The Balaban J connectivity index is 1.93. The Labute approximate surface area is 142 Å². The van der Waals surface area contributed by atoms with Gasteiger partial charge in [0.05, 0.1) is 11.4 Å². The van der Waals surface area contributed by atoms with Gasteiger partial charge in [0.2, 0.25) is 5.88 Å². The third-order valence-corrected chi connectivity index (χ3v) is 3.99. The number of rotatable bonds is 2. The third kappa shape index (κ3) is 2.49. The summed E-state index contributed by atoms with van der Waals surface area (Å²) in [4.78, 5) is 30.9. The van der Waals surface area contributed by atoms with Crippen LogP contribution < -0.4 is 11.2 Å². The summed E-state index contributed by atoms with van der Waals surface area (Å²) in [5, 5.41) is 10.6. The molecule has 6 heteroatoms. The molecule has 0 amide bonds. The highest BCUT2D eigenvalue weighted by Gasteiger charge is 2.17. The van der Waals surface area contributed by atoms with E-state index in [4.69, 9.17) is 0 Å². The van der Waals surface area contributed by atoms with Gasteiger partial charge < -0.3 is 5.11 Å². The molecule has 4 rings (SSSR count). The molecule has 6 nitrogen and oxygen atoms in total. The first-order chi connectivity index (χ1) is 12.1. The zero-order valence-electron chi connectivity index (χ0n) is 13.0. The largest absolute Gasteiger partial charge is 0.494 e. The predicted molar refractivity (Wildman–Crippen MR) is 96.8 cm³/mol. The molecule has 1 aliphatic rings. The van der Waals surface area contributed by atoms with Crippen molar-refractivity contribution < 1.29 is 5.11 Å². The normalized spacial score (nSPS) is 14.0. The van der Waals surface area contributed by atoms with E-state index in [1.807, 2.05) is 24.3 Å². The van der Waals surface area contributed by atoms with Gasteiger partial charge in [-0.25, -0.2) is 9.36 Å². The van der Waals surface area contributed by atoms with Crippen LogP contribution in [0.4, 0.5) is 5.69 Å². The lowest BCUT2D eigenvalue weighted by Crippen LogP contribution is -2.30. The summed E-state index contributed by atoms with van der Waals surface area (Å²) in [5.41, 5.74) is 1.45. The maximum Gasteiger partial charge on any atom is 0.335 e. The molecule has 0 fully saturated rings. The second-order valence-corrected chi connectivity index (χ2v) is 5.54. The van der Waals surface area contributed by atoms with Crippen molar-refractivity contribution in [1.82, 2.24) is 9.55 Å². The monoisotopic (exact) mass is 331 g/mol. The molecule has 0 radical (unpaired) electrons. The Morgan fingerprint density at radius 2 is 1.72 bits per heavy atom. The van der Waals surface area contributed by atoms with Gasteiger partial charge in [0, 0.05) is 17.4 Å². The van der Waals surface area contributed by atoms with Crippen LogP contribution in [-0.2, 0) is 0 Å². The predicted octanol–water partition coefficient (Wildman–Crippen LogP) is 2.49. The standard InChI is InChI=1S/C19H13N3O3/c23-17-15(10-12-11-20-16-9-5-4-8-14(12)16)18(24)22(19(25)21-17)13-6-2-1-3-7-13/h1-11,24H,(H,21,23,25)/b12-10+. The average Bonchev–Trinajstić information content (AvgIpc) is 3.02. The molecule has 2 heterocycles. The summed E-state index contributed by atoms with van der Waals surface area (Å²) in [6, 6.07) is 16.1. The van der Waals surface area contributed by atoms with Gasteiger partial charge in [0.15, 0.2) is 0 Å². The number of fused-ring (bicyclic) bond motifs is 1. The highest BCUT2D eigenvalue weighted by molar-refractivity contribution is 6.21. The van der Waals surface area contributed by atoms with Gasteiger partial charge in [-0.3, -0.25) is 14.8 Å². The van der Waals surface area contributed by atoms with E-state index in [1.165, 1.54) is 6.08 Å². The number of allylic oxidation sites excluding steroid dienone is 1. The lowest BCUT2D eigenvalue weighted by atomic mass is 10.1. The average molecular weight is 331 g/mol. The summed E-state index contributed by atoms with van der Waals surface area (Å²) >= 11 is 0. The molecule has 0 aliphatic carbocycles. The van der Waals surface area contributed by atoms with Gasteiger partial charge in [-0.2, -0.15) is 0 Å². The zero-order valence-corrected chi connectivity index (χ0v) is 13.0. The van der Waals surface area contributed by atoms with Crippen molar-refractivity contribution in [3.63, 3.8) is 0 Å². The highest BCUT2D eigenvalue weighted by Crippen LogP contribution is 2.32. The molecule has 0 unspecified atom stereocenters. The Bertz CT molecular complexity index is 1140. The van der Waals surface area contributed by atoms with Crippen molar-refractivity contribution in [3.05, 3.63) is 86.6 Å². The van der Waals surface area contributed by atoms with Crippen LogP contribution in [0.2, 0.25) is 0 Å². The lowest BCUT2D eigenvalue weighted by molar-refractivity contribution is 0.429. The minimum Gasteiger partial charge on any atom is -0.494 e. The summed E-state index contributed by atoms with van der Waals surface area (Å²) in [6.45, 7) is 0. The molecule has 1 aromatic heterocycles. The number of para-hydroxylation sites is 2. The van der Waals surface area contributed by atoms with E-state index in [0.29, 0.717) is 11.3 Å². The quantitative estimate of drug-likeness (QED) is 0.756. The Morgan fingerprint density at radius 3 is 2.52 bits per heavy atom. The van der Waals surface area contributed by atoms with Gasteiger partial charge in [0.25, 0.3) is 5.56 Å². The molecule has 3 aromatic rings. The number of hydrogen-bond donors (Lipinski definition) is 2. The van der Waals surface area contributed by atoms with Crippen molar-refractivity contribution in [3.8, 4) is 11.6 Å². The van der Waals surface area contributed by atoms with E-state index >= 15 is 0 Å². The molecule has 2 N–H and O–H groups in total. The Morgan fingerprint density at radius 1 is 1.00 bits per heavy atom. The molecule has 1 aliphatic heterocycles. The second kappa shape index (κ2) is 5.76. The van der Waals surface area contributed by atoms with Crippen LogP contribution >= 0.6 is 0 Å². The molecule has 2 aromatic carbocycles. The van der Waals surface area contributed by atoms with Crippen LogP contribution in [-0.4, -0.2) is 20.9 Å². The van der Waals surface area contributed by atoms with E-state index in [2.05, 4.69) is 9.98 Å². The fraction of sp³-hybridized carbons (Fsp3) is 0. The van der Waals surface area contributed by atoms with Crippen LogP contribution in [0.1, 0.15) is 11.1 Å². The van der Waals surface area contributed by atoms with Gasteiger partial charge in [-0.15, -0.1) is 0 Å². The smallest absolute Gasteiger partial charge is 0.335 e.